The van der Waals surface area contributed by atoms with Crippen LogP contribution in [-0.2, 0) is 10.2 Å². The Hall–Kier alpha value is -0.170. The molecule has 19 heavy (non-hydrogen) atoms. The molecule has 114 valence electrons. The van der Waals surface area contributed by atoms with Crippen molar-refractivity contribution in [2.24, 2.45) is 5.73 Å². The van der Waals surface area contributed by atoms with E-state index in [0.29, 0.717) is 26.2 Å². The monoisotopic (exact) mass is 291 g/mol. The molecular formula is C13H29N3O2S. The zero-order chi connectivity index (χ0) is 14.3. The second kappa shape index (κ2) is 8.19. The van der Waals surface area contributed by atoms with E-state index in [1.54, 1.807) is 8.61 Å². The summed E-state index contributed by atoms with van der Waals surface area (Å²) in [6.07, 6.45) is 5.88. The first-order valence-corrected chi connectivity index (χ1v) is 8.94. The minimum atomic E-state index is -3.35. The molecule has 0 spiro atoms. The maximum absolute atomic E-state index is 12.8. The summed E-state index contributed by atoms with van der Waals surface area (Å²) in [5, 5.41) is 0. The second-order valence-corrected chi connectivity index (χ2v) is 7.07. The van der Waals surface area contributed by atoms with Gasteiger partial charge in [0.1, 0.15) is 0 Å². The summed E-state index contributed by atoms with van der Waals surface area (Å²) in [4.78, 5) is 0. The topological polar surface area (TPSA) is 66.6 Å². The number of hydrogen-bond donors (Lipinski definition) is 1. The normalized spacial score (nSPS) is 19.0. The molecule has 1 aliphatic rings. The Bertz CT molecular complexity index is 334. The number of rotatable bonds is 7. The Morgan fingerprint density at radius 2 is 1.63 bits per heavy atom. The molecule has 0 aromatic rings. The lowest BCUT2D eigenvalue weighted by molar-refractivity contribution is 0.276. The average Bonchev–Trinajstić information content (AvgIpc) is 2.68. The van der Waals surface area contributed by atoms with Crippen LogP contribution in [0.5, 0.6) is 0 Å². The fraction of sp³-hybridized carbons (Fsp3) is 1.00. The molecule has 0 aromatic heterocycles. The van der Waals surface area contributed by atoms with Gasteiger partial charge in [-0.15, -0.1) is 0 Å². The Labute approximate surface area is 118 Å². The van der Waals surface area contributed by atoms with Gasteiger partial charge in [0.05, 0.1) is 0 Å². The van der Waals surface area contributed by atoms with Crippen LogP contribution in [0.25, 0.3) is 0 Å². The van der Waals surface area contributed by atoms with Crippen molar-refractivity contribution in [3.8, 4) is 0 Å². The van der Waals surface area contributed by atoms with Crippen LogP contribution in [0.4, 0.5) is 0 Å². The number of nitrogens with zero attached hydrogens (tertiary/aromatic N) is 2. The zero-order valence-corrected chi connectivity index (χ0v) is 13.2. The summed E-state index contributed by atoms with van der Waals surface area (Å²) < 4.78 is 28.9. The van der Waals surface area contributed by atoms with Gasteiger partial charge in [0, 0.05) is 32.2 Å². The van der Waals surface area contributed by atoms with Crippen molar-refractivity contribution in [3.63, 3.8) is 0 Å². The fourth-order valence-electron chi connectivity index (χ4n) is 2.73. The van der Waals surface area contributed by atoms with Crippen molar-refractivity contribution in [2.75, 3.05) is 26.2 Å². The Morgan fingerprint density at radius 3 is 2.05 bits per heavy atom. The first-order valence-electron chi connectivity index (χ1n) is 7.54. The second-order valence-electron chi connectivity index (χ2n) is 5.19. The smallest absolute Gasteiger partial charge is 0.282 e. The molecule has 0 bridgehead atoms. The summed E-state index contributed by atoms with van der Waals surface area (Å²) in [5.74, 6) is 0. The highest BCUT2D eigenvalue weighted by molar-refractivity contribution is 7.86. The Kier molecular flexibility index (Phi) is 7.28. The molecule has 2 N–H and O–H groups in total. The zero-order valence-electron chi connectivity index (χ0n) is 12.3. The standard InChI is InChI=1S/C13H29N3O2S/c1-3-13(4-2)16(12-9-14)19(17,18)15-10-7-5-6-8-11-15/h13H,3-12,14H2,1-2H3. The molecule has 1 heterocycles. The molecule has 6 heteroatoms. The summed E-state index contributed by atoms with van der Waals surface area (Å²) >= 11 is 0. The molecule has 1 aliphatic heterocycles. The average molecular weight is 291 g/mol. The first kappa shape index (κ1) is 16.9. The third-order valence-electron chi connectivity index (χ3n) is 3.89. The molecule has 0 atom stereocenters. The van der Waals surface area contributed by atoms with Gasteiger partial charge in [-0.05, 0) is 25.7 Å². The lowest BCUT2D eigenvalue weighted by Crippen LogP contribution is -2.50. The van der Waals surface area contributed by atoms with Gasteiger partial charge in [0.15, 0.2) is 0 Å². The van der Waals surface area contributed by atoms with Crippen LogP contribution in [0.2, 0.25) is 0 Å². The van der Waals surface area contributed by atoms with E-state index in [4.69, 9.17) is 5.73 Å². The predicted octanol–water partition coefficient (Wildman–Crippen LogP) is 1.56. The van der Waals surface area contributed by atoms with E-state index in [2.05, 4.69) is 0 Å². The first-order chi connectivity index (χ1) is 9.07. The molecule has 1 rings (SSSR count). The van der Waals surface area contributed by atoms with E-state index in [9.17, 15) is 8.42 Å². The SMILES string of the molecule is CCC(CC)N(CCN)S(=O)(=O)N1CCCCCC1. The molecule has 1 saturated heterocycles. The van der Waals surface area contributed by atoms with Gasteiger partial charge in [0.25, 0.3) is 10.2 Å². The molecule has 0 unspecified atom stereocenters. The van der Waals surface area contributed by atoms with Gasteiger partial charge < -0.3 is 5.73 Å². The van der Waals surface area contributed by atoms with Crippen molar-refractivity contribution < 1.29 is 8.42 Å². The highest BCUT2D eigenvalue weighted by Crippen LogP contribution is 2.20. The van der Waals surface area contributed by atoms with E-state index in [1.807, 2.05) is 13.8 Å². The molecule has 0 amide bonds. The molecule has 0 radical (unpaired) electrons. The molecule has 5 nitrogen and oxygen atoms in total. The summed E-state index contributed by atoms with van der Waals surface area (Å²) in [5.41, 5.74) is 5.61. The van der Waals surface area contributed by atoms with E-state index in [-0.39, 0.29) is 6.04 Å². The third-order valence-corrected chi connectivity index (χ3v) is 5.98. The van der Waals surface area contributed by atoms with Crippen LogP contribution < -0.4 is 5.73 Å². The van der Waals surface area contributed by atoms with Crippen LogP contribution in [-0.4, -0.2) is 49.2 Å². The van der Waals surface area contributed by atoms with E-state index >= 15 is 0 Å². The van der Waals surface area contributed by atoms with Gasteiger partial charge in [-0.3, -0.25) is 0 Å². The van der Waals surface area contributed by atoms with Crippen molar-refractivity contribution in [2.45, 2.75) is 58.4 Å². The highest BCUT2D eigenvalue weighted by atomic mass is 32.2. The van der Waals surface area contributed by atoms with Crippen LogP contribution in [0.3, 0.4) is 0 Å². The van der Waals surface area contributed by atoms with Crippen molar-refractivity contribution in [1.29, 1.82) is 0 Å². The minimum absolute atomic E-state index is 0.0665. The Morgan fingerprint density at radius 1 is 1.11 bits per heavy atom. The molecule has 0 saturated carbocycles. The van der Waals surface area contributed by atoms with Crippen molar-refractivity contribution in [1.82, 2.24) is 8.61 Å². The molecular weight excluding hydrogens is 262 g/mol. The fourth-order valence-corrected chi connectivity index (χ4v) is 4.76. The van der Waals surface area contributed by atoms with Crippen LogP contribution >= 0.6 is 0 Å². The maximum atomic E-state index is 12.8. The summed E-state index contributed by atoms with van der Waals surface area (Å²) in [7, 11) is -3.35. The predicted molar refractivity (Wildman–Crippen MR) is 79.1 cm³/mol. The summed E-state index contributed by atoms with van der Waals surface area (Å²) in [6, 6.07) is 0.0665. The van der Waals surface area contributed by atoms with Gasteiger partial charge in [-0.2, -0.15) is 17.0 Å². The van der Waals surface area contributed by atoms with E-state index < -0.39 is 10.2 Å². The minimum Gasteiger partial charge on any atom is -0.329 e. The van der Waals surface area contributed by atoms with Gasteiger partial charge in [0.2, 0.25) is 0 Å². The van der Waals surface area contributed by atoms with Crippen LogP contribution in [0.1, 0.15) is 52.4 Å². The highest BCUT2D eigenvalue weighted by Gasteiger charge is 2.33. The van der Waals surface area contributed by atoms with Crippen LogP contribution in [0.15, 0.2) is 0 Å². The maximum Gasteiger partial charge on any atom is 0.282 e. The molecule has 0 aliphatic carbocycles. The lowest BCUT2D eigenvalue weighted by atomic mass is 10.2. The number of nitrogens with two attached hydrogens (primary N) is 1. The van der Waals surface area contributed by atoms with Gasteiger partial charge >= 0.3 is 0 Å². The molecule has 1 fully saturated rings. The third kappa shape index (κ3) is 4.41. The van der Waals surface area contributed by atoms with E-state index in [1.165, 1.54) is 0 Å². The van der Waals surface area contributed by atoms with Gasteiger partial charge in [-0.1, -0.05) is 26.7 Å². The van der Waals surface area contributed by atoms with Crippen LogP contribution in [0, 0.1) is 0 Å². The van der Waals surface area contributed by atoms with Crippen molar-refractivity contribution in [3.05, 3.63) is 0 Å². The quantitative estimate of drug-likeness (QED) is 0.774. The van der Waals surface area contributed by atoms with Gasteiger partial charge in [-0.25, -0.2) is 0 Å². The number of hydrogen-bond acceptors (Lipinski definition) is 3. The van der Waals surface area contributed by atoms with E-state index in [0.717, 1.165) is 38.5 Å². The Balaban J connectivity index is 2.90. The van der Waals surface area contributed by atoms with Crippen molar-refractivity contribution >= 4 is 10.2 Å². The summed E-state index contributed by atoms with van der Waals surface area (Å²) in [6.45, 7) is 6.19. The largest absolute Gasteiger partial charge is 0.329 e. The molecule has 0 aromatic carbocycles. The lowest BCUT2D eigenvalue weighted by Gasteiger charge is -2.33.